The van der Waals surface area contributed by atoms with Crippen LogP contribution in [0.3, 0.4) is 0 Å². The van der Waals surface area contributed by atoms with Crippen LogP contribution in [0.1, 0.15) is 28.3 Å². The maximum Gasteiger partial charge on any atom is 0.191 e. The number of aliphatic imine (C=N–C) groups is 1. The summed E-state index contributed by atoms with van der Waals surface area (Å²) in [5, 5.41) is 15.3. The molecule has 31 heavy (non-hydrogen) atoms. The maximum atomic E-state index is 5.43. The van der Waals surface area contributed by atoms with Crippen molar-refractivity contribution in [3.63, 3.8) is 0 Å². The van der Waals surface area contributed by atoms with E-state index in [1.807, 2.05) is 18.5 Å². The molecule has 0 amide bonds. The van der Waals surface area contributed by atoms with Crippen LogP contribution in [-0.2, 0) is 24.8 Å². The molecule has 0 aliphatic carbocycles. The minimum absolute atomic E-state index is 0. The number of halogens is 1. The number of aromatic nitrogens is 3. The van der Waals surface area contributed by atoms with Gasteiger partial charge in [-0.3, -0.25) is 4.90 Å². The highest BCUT2D eigenvalue weighted by molar-refractivity contribution is 14.0. The third-order valence-electron chi connectivity index (χ3n) is 5.70. The average molecular weight is 541 g/mol. The van der Waals surface area contributed by atoms with Crippen molar-refractivity contribution >= 4 is 29.9 Å². The molecule has 0 saturated carbocycles. The third kappa shape index (κ3) is 7.73. The zero-order chi connectivity index (χ0) is 21.3. The SMILES string of the molecule is Cc1cccc(C)c1CCNC(=NCc1nnc(C)n1C)NCCN1CCOCC1.I. The molecule has 1 saturated heterocycles. The summed E-state index contributed by atoms with van der Waals surface area (Å²) in [5.41, 5.74) is 4.08. The van der Waals surface area contributed by atoms with Gasteiger partial charge in [0.1, 0.15) is 12.4 Å². The van der Waals surface area contributed by atoms with E-state index in [-0.39, 0.29) is 24.0 Å². The Bertz CT molecular complexity index is 826. The topological polar surface area (TPSA) is 79.6 Å². The molecule has 9 heteroatoms. The van der Waals surface area contributed by atoms with Crippen molar-refractivity contribution in [1.82, 2.24) is 30.3 Å². The number of rotatable bonds is 8. The number of hydrogen-bond donors (Lipinski definition) is 2. The molecular formula is C22H36IN7O. The number of nitrogens with one attached hydrogen (secondary N) is 2. The second-order valence-electron chi connectivity index (χ2n) is 7.82. The summed E-state index contributed by atoms with van der Waals surface area (Å²) in [6, 6.07) is 6.47. The van der Waals surface area contributed by atoms with Crippen molar-refractivity contribution in [2.45, 2.75) is 33.7 Å². The van der Waals surface area contributed by atoms with Crippen LogP contribution >= 0.6 is 24.0 Å². The van der Waals surface area contributed by atoms with Crippen molar-refractivity contribution in [2.24, 2.45) is 12.0 Å². The lowest BCUT2D eigenvalue weighted by Crippen LogP contribution is -2.44. The monoisotopic (exact) mass is 541 g/mol. The standard InChI is InChI=1S/C22H35N7O.HI/c1-17-6-5-7-18(2)20(17)8-9-23-22(24-10-11-29-12-14-30-15-13-29)25-16-21-27-26-19(3)28(21)4;/h5-7H,8-16H2,1-4H3,(H2,23,24,25);1H. The van der Waals surface area contributed by atoms with E-state index in [1.54, 1.807) is 0 Å². The molecule has 3 rings (SSSR count). The highest BCUT2D eigenvalue weighted by Gasteiger charge is 2.10. The molecule has 0 bridgehead atoms. The van der Waals surface area contributed by atoms with E-state index in [4.69, 9.17) is 9.73 Å². The van der Waals surface area contributed by atoms with Gasteiger partial charge in [-0.25, -0.2) is 4.99 Å². The number of ether oxygens (including phenoxy) is 1. The van der Waals surface area contributed by atoms with Crippen molar-refractivity contribution < 1.29 is 4.74 Å². The number of morpholine rings is 1. The predicted molar refractivity (Wildman–Crippen MR) is 135 cm³/mol. The Labute approximate surface area is 202 Å². The summed E-state index contributed by atoms with van der Waals surface area (Å²) in [6.07, 6.45) is 0.964. The van der Waals surface area contributed by atoms with Gasteiger partial charge in [0.2, 0.25) is 0 Å². The minimum atomic E-state index is 0. The van der Waals surface area contributed by atoms with E-state index in [0.717, 1.165) is 70.0 Å². The Balaban J connectivity index is 0.00000341. The van der Waals surface area contributed by atoms with E-state index in [9.17, 15) is 0 Å². The first kappa shape index (κ1) is 25.5. The van der Waals surface area contributed by atoms with Crippen molar-refractivity contribution in [3.8, 4) is 0 Å². The summed E-state index contributed by atoms with van der Waals surface area (Å²) in [4.78, 5) is 7.17. The molecule has 172 valence electrons. The van der Waals surface area contributed by atoms with Gasteiger partial charge in [0.05, 0.1) is 13.2 Å². The van der Waals surface area contributed by atoms with Crippen LogP contribution in [0, 0.1) is 20.8 Å². The molecular weight excluding hydrogens is 505 g/mol. The maximum absolute atomic E-state index is 5.43. The summed E-state index contributed by atoms with van der Waals surface area (Å²) in [5.74, 6) is 2.57. The fraction of sp³-hybridized carbons (Fsp3) is 0.591. The van der Waals surface area contributed by atoms with Gasteiger partial charge in [0.15, 0.2) is 11.8 Å². The largest absolute Gasteiger partial charge is 0.379 e. The number of hydrogen-bond acceptors (Lipinski definition) is 5. The Morgan fingerprint density at radius 2 is 1.74 bits per heavy atom. The molecule has 0 atom stereocenters. The fourth-order valence-corrected chi connectivity index (χ4v) is 3.62. The van der Waals surface area contributed by atoms with E-state index in [0.29, 0.717) is 6.54 Å². The quantitative estimate of drug-likeness (QED) is 0.303. The zero-order valence-electron chi connectivity index (χ0n) is 19.1. The van der Waals surface area contributed by atoms with Crippen molar-refractivity contribution in [2.75, 3.05) is 45.9 Å². The van der Waals surface area contributed by atoms with Gasteiger partial charge in [0, 0.05) is 39.8 Å². The highest BCUT2D eigenvalue weighted by atomic mass is 127. The summed E-state index contributed by atoms with van der Waals surface area (Å²) in [7, 11) is 1.97. The lowest BCUT2D eigenvalue weighted by molar-refractivity contribution is 0.0389. The van der Waals surface area contributed by atoms with Crippen LogP contribution in [0.15, 0.2) is 23.2 Å². The highest BCUT2D eigenvalue weighted by Crippen LogP contribution is 2.13. The second-order valence-corrected chi connectivity index (χ2v) is 7.82. The second kappa shape index (κ2) is 13.0. The van der Waals surface area contributed by atoms with Gasteiger partial charge in [-0.15, -0.1) is 34.2 Å². The van der Waals surface area contributed by atoms with Gasteiger partial charge in [-0.05, 0) is 43.9 Å². The number of aryl methyl sites for hydroxylation is 3. The van der Waals surface area contributed by atoms with Crippen LogP contribution in [0.2, 0.25) is 0 Å². The molecule has 1 aromatic carbocycles. The third-order valence-corrected chi connectivity index (χ3v) is 5.70. The molecule has 1 aliphatic rings. The minimum Gasteiger partial charge on any atom is -0.379 e. The van der Waals surface area contributed by atoms with Crippen LogP contribution in [0.5, 0.6) is 0 Å². The first-order valence-electron chi connectivity index (χ1n) is 10.8. The molecule has 2 N–H and O–H groups in total. The molecule has 1 aliphatic heterocycles. The molecule has 2 aromatic rings. The number of benzene rings is 1. The van der Waals surface area contributed by atoms with E-state index in [2.05, 4.69) is 57.8 Å². The Morgan fingerprint density at radius 3 is 2.39 bits per heavy atom. The molecule has 8 nitrogen and oxygen atoms in total. The molecule has 2 heterocycles. The smallest absolute Gasteiger partial charge is 0.191 e. The van der Waals surface area contributed by atoms with Gasteiger partial charge in [-0.2, -0.15) is 0 Å². The lowest BCUT2D eigenvalue weighted by Gasteiger charge is -2.26. The molecule has 0 unspecified atom stereocenters. The molecule has 1 fully saturated rings. The van der Waals surface area contributed by atoms with E-state index in [1.165, 1.54) is 16.7 Å². The van der Waals surface area contributed by atoms with E-state index >= 15 is 0 Å². The fourth-order valence-electron chi connectivity index (χ4n) is 3.62. The predicted octanol–water partition coefficient (Wildman–Crippen LogP) is 1.97. The first-order valence-corrected chi connectivity index (χ1v) is 10.8. The Hall–Kier alpha value is -1.72. The molecule has 0 radical (unpaired) electrons. The normalized spacial score (nSPS) is 14.9. The summed E-state index contributed by atoms with van der Waals surface area (Å²) in [6.45, 7) is 13.1. The van der Waals surface area contributed by atoms with Gasteiger partial charge < -0.3 is 19.9 Å². The number of nitrogens with zero attached hydrogens (tertiary/aromatic N) is 5. The van der Waals surface area contributed by atoms with Gasteiger partial charge in [-0.1, -0.05) is 18.2 Å². The zero-order valence-corrected chi connectivity index (χ0v) is 21.5. The molecule has 0 spiro atoms. The van der Waals surface area contributed by atoms with Crippen LogP contribution in [0.25, 0.3) is 0 Å². The first-order chi connectivity index (χ1) is 14.5. The van der Waals surface area contributed by atoms with Gasteiger partial charge >= 0.3 is 0 Å². The Morgan fingerprint density at radius 1 is 1.06 bits per heavy atom. The van der Waals surface area contributed by atoms with Crippen LogP contribution in [0.4, 0.5) is 0 Å². The van der Waals surface area contributed by atoms with Crippen molar-refractivity contribution in [1.29, 1.82) is 0 Å². The number of guanidine groups is 1. The van der Waals surface area contributed by atoms with Crippen LogP contribution < -0.4 is 10.6 Å². The Kier molecular flexibility index (Phi) is 10.7. The molecule has 1 aromatic heterocycles. The average Bonchev–Trinajstić information content (AvgIpc) is 3.06. The summed E-state index contributed by atoms with van der Waals surface area (Å²) < 4.78 is 7.41. The lowest BCUT2D eigenvalue weighted by atomic mass is 10.0. The van der Waals surface area contributed by atoms with Crippen LogP contribution in [-0.4, -0.2) is 71.6 Å². The van der Waals surface area contributed by atoms with E-state index < -0.39 is 0 Å². The summed E-state index contributed by atoms with van der Waals surface area (Å²) >= 11 is 0. The van der Waals surface area contributed by atoms with Crippen molar-refractivity contribution in [3.05, 3.63) is 46.5 Å². The van der Waals surface area contributed by atoms with Gasteiger partial charge in [0.25, 0.3) is 0 Å².